The van der Waals surface area contributed by atoms with Crippen LogP contribution in [0, 0.1) is 23.7 Å². The van der Waals surface area contributed by atoms with Crippen molar-refractivity contribution in [3.8, 4) is 0 Å². The number of pyridine rings is 1. The lowest BCUT2D eigenvalue weighted by Gasteiger charge is -2.38. The molecule has 0 bridgehead atoms. The van der Waals surface area contributed by atoms with E-state index in [0.717, 1.165) is 0 Å². The Labute approximate surface area is 214 Å². The molecule has 0 aliphatic heterocycles. The summed E-state index contributed by atoms with van der Waals surface area (Å²) in [5, 5.41) is 25.0. The van der Waals surface area contributed by atoms with Crippen molar-refractivity contribution in [3.63, 3.8) is 0 Å². The minimum Gasteiger partial charge on any atom is -0.481 e. The third-order valence-corrected chi connectivity index (χ3v) is 7.79. The largest absolute Gasteiger partial charge is 0.481 e. The van der Waals surface area contributed by atoms with Gasteiger partial charge in [-0.25, -0.2) is 9.78 Å². The van der Waals surface area contributed by atoms with Crippen molar-refractivity contribution >= 4 is 41.0 Å². The molecule has 1 aromatic heterocycles. The number of benzene rings is 1. The molecule has 192 valence electrons. The molecule has 1 aliphatic carbocycles. The zero-order valence-corrected chi connectivity index (χ0v) is 21.3. The van der Waals surface area contributed by atoms with Crippen LogP contribution in [0.2, 0.25) is 5.15 Å². The number of amides is 2. The summed E-state index contributed by atoms with van der Waals surface area (Å²) in [4.78, 5) is 53.3. The van der Waals surface area contributed by atoms with Crippen LogP contribution in [0.25, 0.3) is 0 Å². The van der Waals surface area contributed by atoms with Gasteiger partial charge in [-0.2, -0.15) is 0 Å². The van der Waals surface area contributed by atoms with Gasteiger partial charge in [-0.1, -0.05) is 37.6 Å². The second kappa shape index (κ2) is 10.3. The summed E-state index contributed by atoms with van der Waals surface area (Å²) >= 11 is 5.84. The Kier molecular flexibility index (Phi) is 7.73. The number of nitrogens with one attached hydrogen (secondary N) is 2. The number of carboxylic acid groups (broad SMARTS) is 2. The second-order valence-corrected chi connectivity index (χ2v) is 10.4. The topological polar surface area (TPSA) is 146 Å². The molecule has 0 spiro atoms. The molecule has 1 aromatic carbocycles. The van der Waals surface area contributed by atoms with Crippen LogP contribution >= 0.6 is 11.6 Å². The molecule has 1 heterocycles. The van der Waals surface area contributed by atoms with E-state index >= 15 is 0 Å². The van der Waals surface area contributed by atoms with Crippen LogP contribution < -0.4 is 10.6 Å². The summed E-state index contributed by atoms with van der Waals surface area (Å²) < 4.78 is 0. The van der Waals surface area contributed by atoms with E-state index in [-0.39, 0.29) is 12.3 Å². The van der Waals surface area contributed by atoms with E-state index in [1.54, 1.807) is 58.0 Å². The van der Waals surface area contributed by atoms with E-state index in [1.807, 2.05) is 0 Å². The van der Waals surface area contributed by atoms with Gasteiger partial charge in [0.05, 0.1) is 16.7 Å². The van der Waals surface area contributed by atoms with Gasteiger partial charge in [0.2, 0.25) is 5.91 Å². The van der Waals surface area contributed by atoms with Crippen LogP contribution in [0.4, 0.5) is 5.69 Å². The lowest BCUT2D eigenvalue weighted by atomic mass is 9.65. The monoisotopic (exact) mass is 515 g/mol. The van der Waals surface area contributed by atoms with Crippen LogP contribution in [-0.4, -0.2) is 45.0 Å². The summed E-state index contributed by atoms with van der Waals surface area (Å²) in [6.07, 6.45) is 0.730. The van der Waals surface area contributed by atoms with Crippen molar-refractivity contribution < 1.29 is 29.4 Å². The molecule has 36 heavy (non-hydrogen) atoms. The van der Waals surface area contributed by atoms with Gasteiger partial charge in [-0.3, -0.25) is 14.4 Å². The van der Waals surface area contributed by atoms with E-state index in [9.17, 15) is 29.4 Å². The molecule has 1 aliphatic rings. The van der Waals surface area contributed by atoms with E-state index < -0.39 is 40.6 Å². The molecule has 3 atom stereocenters. The molecule has 0 saturated heterocycles. The number of carbonyl (C=O) groups is 4. The van der Waals surface area contributed by atoms with E-state index in [2.05, 4.69) is 15.6 Å². The minimum absolute atomic E-state index is 0.0266. The normalized spacial score (nSPS) is 21.4. The highest BCUT2D eigenvalue weighted by Gasteiger charge is 2.58. The van der Waals surface area contributed by atoms with Gasteiger partial charge < -0.3 is 20.8 Å². The highest BCUT2D eigenvalue weighted by atomic mass is 35.5. The quantitative estimate of drug-likeness (QED) is 0.389. The number of halogens is 1. The lowest BCUT2D eigenvalue weighted by molar-refractivity contribution is -0.155. The molecular formula is C26H30ClN3O6. The van der Waals surface area contributed by atoms with Crippen LogP contribution in [-0.2, 0) is 20.8 Å². The van der Waals surface area contributed by atoms with Crippen molar-refractivity contribution in [2.24, 2.45) is 16.7 Å². The highest BCUT2D eigenvalue weighted by molar-refractivity contribution is 6.29. The summed E-state index contributed by atoms with van der Waals surface area (Å²) in [5.41, 5.74) is 0.107. The van der Waals surface area contributed by atoms with Gasteiger partial charge in [-0.05, 0) is 61.9 Å². The molecular weight excluding hydrogens is 486 g/mol. The Morgan fingerprint density at radius 2 is 1.72 bits per heavy atom. The number of aryl methyl sites for hydroxylation is 1. The molecule has 4 N–H and O–H groups in total. The molecule has 2 aromatic rings. The Morgan fingerprint density at radius 1 is 1.08 bits per heavy atom. The molecule has 0 radical (unpaired) electrons. The molecule has 10 heteroatoms. The molecule has 3 rings (SSSR count). The zero-order chi connectivity index (χ0) is 26.8. The number of carboxylic acids is 2. The molecule has 9 nitrogen and oxygen atoms in total. The number of nitrogens with zero attached hydrogens (tertiary/aromatic N) is 1. The summed E-state index contributed by atoms with van der Waals surface area (Å²) in [6.45, 7) is 6.78. The predicted molar refractivity (Wildman–Crippen MR) is 134 cm³/mol. The van der Waals surface area contributed by atoms with E-state index in [1.165, 1.54) is 6.07 Å². The minimum atomic E-state index is -1.19. The average molecular weight is 516 g/mol. The zero-order valence-electron chi connectivity index (χ0n) is 20.6. The standard InChI is InChI=1S/C26H30ClN3O6/c1-14-17(9-10-20(27)28-14)21(31)29-16-7-5-15(6-8-16)13-19(23(33)34)30-22(32)18-11-12-26(4,24(35)36)25(18,2)3/h5-10,18-19H,11-13H2,1-4H3,(H,29,31)(H,30,32)(H,33,34)(H,35,36). The highest BCUT2D eigenvalue weighted by Crippen LogP contribution is 2.56. The van der Waals surface area contributed by atoms with Gasteiger partial charge in [-0.15, -0.1) is 0 Å². The Morgan fingerprint density at radius 3 is 2.25 bits per heavy atom. The van der Waals surface area contributed by atoms with Gasteiger partial charge >= 0.3 is 11.9 Å². The van der Waals surface area contributed by atoms with Gasteiger partial charge in [0.15, 0.2) is 0 Å². The number of anilines is 1. The summed E-state index contributed by atoms with van der Waals surface area (Å²) in [5.74, 6) is -3.60. The first-order valence-electron chi connectivity index (χ1n) is 11.6. The first kappa shape index (κ1) is 27.1. The van der Waals surface area contributed by atoms with Gasteiger partial charge in [0, 0.05) is 18.0 Å². The van der Waals surface area contributed by atoms with Crippen molar-refractivity contribution in [3.05, 3.63) is 58.4 Å². The molecule has 3 unspecified atom stereocenters. The van der Waals surface area contributed by atoms with Crippen LogP contribution in [0.3, 0.4) is 0 Å². The third kappa shape index (κ3) is 5.36. The Balaban J connectivity index is 1.66. The summed E-state index contributed by atoms with van der Waals surface area (Å²) in [6, 6.07) is 8.56. The smallest absolute Gasteiger partial charge is 0.326 e. The number of hydrogen-bond acceptors (Lipinski definition) is 5. The van der Waals surface area contributed by atoms with Gasteiger partial charge in [0.25, 0.3) is 5.91 Å². The third-order valence-electron chi connectivity index (χ3n) is 7.58. The Bertz CT molecular complexity index is 1200. The molecule has 1 saturated carbocycles. The van der Waals surface area contributed by atoms with Crippen LogP contribution in [0.5, 0.6) is 0 Å². The van der Waals surface area contributed by atoms with E-state index in [0.29, 0.717) is 40.5 Å². The lowest BCUT2D eigenvalue weighted by Crippen LogP contribution is -2.49. The molecule has 1 fully saturated rings. The number of aliphatic carboxylic acids is 2. The van der Waals surface area contributed by atoms with Crippen molar-refractivity contribution in [1.82, 2.24) is 10.3 Å². The predicted octanol–water partition coefficient (Wildman–Crippen LogP) is 3.93. The SMILES string of the molecule is Cc1nc(Cl)ccc1C(=O)Nc1ccc(CC(NC(=O)C2CCC(C)(C(=O)O)C2(C)C)C(=O)O)cc1. The van der Waals surface area contributed by atoms with Gasteiger partial charge in [0.1, 0.15) is 11.2 Å². The molecule has 2 amide bonds. The number of carbonyl (C=O) groups excluding carboxylic acids is 2. The maximum atomic E-state index is 13.0. The fourth-order valence-corrected chi connectivity index (χ4v) is 4.93. The van der Waals surface area contributed by atoms with Crippen molar-refractivity contribution in [2.75, 3.05) is 5.32 Å². The average Bonchev–Trinajstić information content (AvgIpc) is 3.04. The van der Waals surface area contributed by atoms with Crippen molar-refractivity contribution in [1.29, 1.82) is 0 Å². The Hall–Kier alpha value is -3.46. The maximum absolute atomic E-state index is 13.0. The first-order valence-corrected chi connectivity index (χ1v) is 11.9. The number of aromatic nitrogens is 1. The first-order chi connectivity index (χ1) is 16.8. The van der Waals surface area contributed by atoms with Crippen LogP contribution in [0.15, 0.2) is 36.4 Å². The van der Waals surface area contributed by atoms with E-state index in [4.69, 9.17) is 11.6 Å². The fourth-order valence-electron chi connectivity index (χ4n) is 4.74. The number of rotatable bonds is 8. The summed E-state index contributed by atoms with van der Waals surface area (Å²) in [7, 11) is 0. The second-order valence-electron chi connectivity index (χ2n) is 9.97. The maximum Gasteiger partial charge on any atom is 0.326 e. The van der Waals surface area contributed by atoms with Crippen molar-refractivity contribution in [2.45, 2.75) is 53.0 Å². The fraction of sp³-hybridized carbons (Fsp3) is 0.423. The number of hydrogen-bond donors (Lipinski definition) is 4. The van der Waals surface area contributed by atoms with Crippen LogP contribution in [0.1, 0.15) is 55.2 Å².